The van der Waals surface area contributed by atoms with Crippen molar-refractivity contribution in [2.24, 2.45) is 0 Å². The van der Waals surface area contributed by atoms with Gasteiger partial charge in [0.25, 0.3) is 0 Å². The molecule has 1 aliphatic rings. The van der Waals surface area contributed by atoms with Crippen molar-refractivity contribution < 1.29 is 4.39 Å². The standard InChI is InChI=1S/C15H22ClFN2/c1-2-9-19(11-13-6-4-8-18-13)10-12-5-3-7-14(16)15(12)17/h3,5,7,13,18H,2,4,6,8-11H2,1H3. The van der Waals surface area contributed by atoms with Crippen LogP contribution in [0.2, 0.25) is 5.02 Å². The number of benzene rings is 1. The lowest BCUT2D eigenvalue weighted by molar-refractivity contribution is 0.238. The average Bonchev–Trinajstić information content (AvgIpc) is 2.88. The van der Waals surface area contributed by atoms with E-state index in [4.69, 9.17) is 11.6 Å². The lowest BCUT2D eigenvalue weighted by atomic mass is 10.1. The van der Waals surface area contributed by atoms with E-state index in [1.165, 1.54) is 12.8 Å². The molecule has 0 aromatic heterocycles. The van der Waals surface area contributed by atoms with Crippen LogP contribution in [0.1, 0.15) is 31.7 Å². The molecular weight excluding hydrogens is 263 g/mol. The maximum Gasteiger partial charge on any atom is 0.146 e. The Balaban J connectivity index is 2.00. The minimum absolute atomic E-state index is 0.216. The molecule has 19 heavy (non-hydrogen) atoms. The number of nitrogens with one attached hydrogen (secondary N) is 1. The van der Waals surface area contributed by atoms with Crippen LogP contribution >= 0.6 is 11.6 Å². The van der Waals surface area contributed by atoms with Gasteiger partial charge in [0.1, 0.15) is 5.82 Å². The number of nitrogens with zero attached hydrogens (tertiary/aromatic N) is 1. The summed E-state index contributed by atoms with van der Waals surface area (Å²) >= 11 is 5.84. The summed E-state index contributed by atoms with van der Waals surface area (Å²) in [6, 6.07) is 5.79. The molecule has 2 nitrogen and oxygen atoms in total. The molecule has 0 saturated carbocycles. The van der Waals surface area contributed by atoms with E-state index in [2.05, 4.69) is 17.1 Å². The van der Waals surface area contributed by atoms with E-state index in [0.29, 0.717) is 18.2 Å². The van der Waals surface area contributed by atoms with Gasteiger partial charge in [-0.1, -0.05) is 30.7 Å². The summed E-state index contributed by atoms with van der Waals surface area (Å²) in [7, 11) is 0. The smallest absolute Gasteiger partial charge is 0.146 e. The van der Waals surface area contributed by atoms with E-state index >= 15 is 0 Å². The van der Waals surface area contributed by atoms with Gasteiger partial charge >= 0.3 is 0 Å². The lowest BCUT2D eigenvalue weighted by Crippen LogP contribution is -2.37. The molecule has 0 aliphatic carbocycles. The van der Waals surface area contributed by atoms with E-state index in [0.717, 1.165) is 26.1 Å². The van der Waals surface area contributed by atoms with Gasteiger partial charge in [-0.3, -0.25) is 4.90 Å². The molecule has 1 heterocycles. The van der Waals surface area contributed by atoms with E-state index in [-0.39, 0.29) is 10.8 Å². The van der Waals surface area contributed by atoms with Crippen molar-refractivity contribution in [2.75, 3.05) is 19.6 Å². The lowest BCUT2D eigenvalue weighted by Gasteiger charge is -2.25. The van der Waals surface area contributed by atoms with Crippen LogP contribution in [0.5, 0.6) is 0 Å². The molecule has 1 saturated heterocycles. The minimum atomic E-state index is -0.273. The first-order valence-corrected chi connectivity index (χ1v) is 7.47. The van der Waals surface area contributed by atoms with E-state index in [1.54, 1.807) is 6.07 Å². The number of halogens is 2. The van der Waals surface area contributed by atoms with Crippen molar-refractivity contribution in [3.8, 4) is 0 Å². The summed E-state index contributed by atoms with van der Waals surface area (Å²) in [5.74, 6) is -0.273. The minimum Gasteiger partial charge on any atom is -0.313 e. The maximum atomic E-state index is 13.9. The summed E-state index contributed by atoms with van der Waals surface area (Å²) in [6.07, 6.45) is 3.54. The summed E-state index contributed by atoms with van der Waals surface area (Å²) in [4.78, 5) is 2.32. The zero-order valence-electron chi connectivity index (χ0n) is 11.5. The van der Waals surface area contributed by atoms with Crippen molar-refractivity contribution in [1.29, 1.82) is 0 Å². The molecular formula is C15H22ClFN2. The Kier molecular flexibility index (Phi) is 5.61. The molecule has 1 aromatic carbocycles. The summed E-state index contributed by atoms with van der Waals surface area (Å²) in [6.45, 7) is 5.88. The Labute approximate surface area is 119 Å². The van der Waals surface area contributed by atoms with Gasteiger partial charge in [-0.05, 0) is 38.4 Å². The fourth-order valence-electron chi connectivity index (χ4n) is 2.69. The fraction of sp³-hybridized carbons (Fsp3) is 0.600. The van der Waals surface area contributed by atoms with Gasteiger partial charge in [-0.25, -0.2) is 4.39 Å². The predicted octanol–water partition coefficient (Wildman–Crippen LogP) is 3.44. The molecule has 1 fully saturated rings. The van der Waals surface area contributed by atoms with Crippen molar-refractivity contribution in [1.82, 2.24) is 10.2 Å². The quantitative estimate of drug-likeness (QED) is 0.861. The highest BCUT2D eigenvalue weighted by atomic mass is 35.5. The zero-order valence-corrected chi connectivity index (χ0v) is 12.2. The van der Waals surface area contributed by atoms with Gasteiger partial charge in [0.15, 0.2) is 0 Å². The largest absolute Gasteiger partial charge is 0.313 e. The van der Waals surface area contributed by atoms with E-state index in [9.17, 15) is 4.39 Å². The molecule has 1 aliphatic heterocycles. The highest BCUT2D eigenvalue weighted by Gasteiger charge is 2.18. The molecule has 0 amide bonds. The fourth-order valence-corrected chi connectivity index (χ4v) is 2.88. The molecule has 106 valence electrons. The molecule has 1 atom stereocenters. The Morgan fingerprint density at radius 3 is 3.00 bits per heavy atom. The average molecular weight is 285 g/mol. The third-order valence-corrected chi connectivity index (χ3v) is 3.90. The number of rotatable bonds is 6. The van der Waals surface area contributed by atoms with E-state index in [1.807, 2.05) is 12.1 Å². The summed E-state index contributed by atoms with van der Waals surface area (Å²) < 4.78 is 13.9. The molecule has 4 heteroatoms. The second kappa shape index (κ2) is 7.22. The summed E-state index contributed by atoms with van der Waals surface area (Å²) in [5.41, 5.74) is 0.693. The van der Waals surface area contributed by atoms with Gasteiger partial charge in [0.05, 0.1) is 5.02 Å². The highest BCUT2D eigenvalue weighted by Crippen LogP contribution is 2.20. The first kappa shape index (κ1) is 14.8. The first-order valence-electron chi connectivity index (χ1n) is 7.09. The second-order valence-electron chi connectivity index (χ2n) is 5.24. The molecule has 0 bridgehead atoms. The maximum absolute atomic E-state index is 13.9. The second-order valence-corrected chi connectivity index (χ2v) is 5.65. The normalized spacial score (nSPS) is 19.3. The Morgan fingerprint density at radius 1 is 1.47 bits per heavy atom. The van der Waals surface area contributed by atoms with Crippen molar-refractivity contribution in [3.63, 3.8) is 0 Å². The molecule has 0 radical (unpaired) electrons. The predicted molar refractivity (Wildman–Crippen MR) is 78.0 cm³/mol. The van der Waals surface area contributed by atoms with Crippen LogP contribution in [0.3, 0.4) is 0 Å². The van der Waals surface area contributed by atoms with Crippen molar-refractivity contribution in [3.05, 3.63) is 34.6 Å². The topological polar surface area (TPSA) is 15.3 Å². The van der Waals surface area contributed by atoms with Crippen molar-refractivity contribution >= 4 is 11.6 Å². The number of hydrogen-bond donors (Lipinski definition) is 1. The molecule has 1 aromatic rings. The zero-order chi connectivity index (χ0) is 13.7. The van der Waals surface area contributed by atoms with Crippen LogP contribution in [-0.4, -0.2) is 30.6 Å². The summed E-state index contributed by atoms with van der Waals surface area (Å²) in [5, 5.41) is 3.71. The van der Waals surface area contributed by atoms with E-state index < -0.39 is 0 Å². The monoisotopic (exact) mass is 284 g/mol. The van der Waals surface area contributed by atoms with Crippen LogP contribution in [0.15, 0.2) is 18.2 Å². The SMILES string of the molecule is CCCN(Cc1cccc(Cl)c1F)CC1CCCN1. The van der Waals surface area contributed by atoms with Gasteiger partial charge in [-0.2, -0.15) is 0 Å². The molecule has 1 unspecified atom stereocenters. The van der Waals surface area contributed by atoms with Crippen LogP contribution in [-0.2, 0) is 6.54 Å². The molecule has 0 spiro atoms. The van der Waals surface area contributed by atoms with Crippen LogP contribution in [0.25, 0.3) is 0 Å². The third kappa shape index (κ3) is 4.16. The van der Waals surface area contributed by atoms with Crippen LogP contribution < -0.4 is 5.32 Å². The van der Waals surface area contributed by atoms with Gasteiger partial charge in [0, 0.05) is 24.7 Å². The van der Waals surface area contributed by atoms with Gasteiger partial charge < -0.3 is 5.32 Å². The Bertz CT molecular complexity index is 405. The van der Waals surface area contributed by atoms with Gasteiger partial charge in [-0.15, -0.1) is 0 Å². The Hall–Kier alpha value is -0.640. The molecule has 2 rings (SSSR count). The van der Waals surface area contributed by atoms with Crippen molar-refractivity contribution in [2.45, 2.75) is 38.8 Å². The Morgan fingerprint density at radius 2 is 2.32 bits per heavy atom. The number of hydrogen-bond acceptors (Lipinski definition) is 2. The third-order valence-electron chi connectivity index (χ3n) is 3.61. The molecule has 1 N–H and O–H groups in total. The van der Waals surface area contributed by atoms with Crippen LogP contribution in [0.4, 0.5) is 4.39 Å². The first-order chi connectivity index (χ1) is 9.20. The van der Waals surface area contributed by atoms with Crippen LogP contribution in [0, 0.1) is 5.82 Å². The van der Waals surface area contributed by atoms with Gasteiger partial charge in [0.2, 0.25) is 0 Å². The highest BCUT2D eigenvalue weighted by molar-refractivity contribution is 6.30.